The number of nitrogens with one attached hydrogen (secondary N) is 1. The van der Waals surface area contributed by atoms with E-state index in [1.165, 1.54) is 6.33 Å². The molecule has 1 amide bonds. The summed E-state index contributed by atoms with van der Waals surface area (Å²) in [4.78, 5) is 17.6. The van der Waals surface area contributed by atoms with Crippen molar-refractivity contribution in [3.63, 3.8) is 0 Å². The SMILES string of the molecule is CCOCCCn1c(NC(=O)c2ccc(-n3cnnn3)c(C)c2)nc2ccccc21. The summed E-state index contributed by atoms with van der Waals surface area (Å²) >= 11 is 0. The van der Waals surface area contributed by atoms with Gasteiger partial charge in [0.1, 0.15) is 6.33 Å². The van der Waals surface area contributed by atoms with Crippen molar-refractivity contribution in [2.24, 2.45) is 0 Å². The van der Waals surface area contributed by atoms with Crippen molar-refractivity contribution in [1.29, 1.82) is 0 Å². The standard InChI is InChI=1S/C21H23N7O2/c1-3-30-12-6-11-27-19-8-5-4-7-17(19)23-21(27)24-20(29)16-9-10-18(15(2)13-16)28-14-22-25-26-28/h4-5,7-10,13-14H,3,6,11-12H2,1-2H3,(H,23,24,29). The summed E-state index contributed by atoms with van der Waals surface area (Å²) in [6.45, 7) is 5.94. The van der Waals surface area contributed by atoms with E-state index in [2.05, 4.69) is 25.8 Å². The molecule has 0 fully saturated rings. The second kappa shape index (κ2) is 8.83. The van der Waals surface area contributed by atoms with Gasteiger partial charge in [0.05, 0.1) is 16.7 Å². The van der Waals surface area contributed by atoms with Crippen molar-refractivity contribution in [3.05, 3.63) is 59.9 Å². The maximum Gasteiger partial charge on any atom is 0.257 e. The summed E-state index contributed by atoms with van der Waals surface area (Å²) in [5.74, 6) is 0.308. The molecule has 4 rings (SSSR count). The highest BCUT2D eigenvalue weighted by Crippen LogP contribution is 2.21. The molecule has 0 saturated heterocycles. The van der Waals surface area contributed by atoms with Crippen LogP contribution in [0.15, 0.2) is 48.8 Å². The molecular formula is C21H23N7O2. The minimum absolute atomic E-state index is 0.220. The number of aryl methyl sites for hydroxylation is 2. The first-order chi connectivity index (χ1) is 14.7. The second-order valence-electron chi connectivity index (χ2n) is 6.84. The third-order valence-corrected chi connectivity index (χ3v) is 4.81. The lowest BCUT2D eigenvalue weighted by Gasteiger charge is -2.11. The summed E-state index contributed by atoms with van der Waals surface area (Å²) in [5.41, 5.74) is 4.07. The predicted molar refractivity (Wildman–Crippen MR) is 113 cm³/mol. The van der Waals surface area contributed by atoms with E-state index in [4.69, 9.17) is 4.74 Å². The third kappa shape index (κ3) is 4.06. The van der Waals surface area contributed by atoms with Gasteiger partial charge in [-0.2, -0.15) is 0 Å². The molecule has 0 saturated carbocycles. The number of anilines is 1. The number of carbonyl (C=O) groups excluding carboxylic acids is 1. The van der Waals surface area contributed by atoms with Crippen LogP contribution in [0.2, 0.25) is 0 Å². The van der Waals surface area contributed by atoms with E-state index in [1.54, 1.807) is 10.7 Å². The van der Waals surface area contributed by atoms with Crippen LogP contribution in [0.5, 0.6) is 0 Å². The molecule has 2 aromatic carbocycles. The number of rotatable bonds is 8. The number of imidazole rings is 1. The van der Waals surface area contributed by atoms with Crippen LogP contribution >= 0.6 is 0 Å². The van der Waals surface area contributed by atoms with E-state index in [0.717, 1.165) is 28.7 Å². The van der Waals surface area contributed by atoms with Crippen LogP contribution in [0.25, 0.3) is 16.7 Å². The number of ether oxygens (including phenoxy) is 1. The molecule has 0 aliphatic heterocycles. The molecule has 0 spiro atoms. The number of hydrogen-bond donors (Lipinski definition) is 1. The Hall–Kier alpha value is -3.59. The van der Waals surface area contributed by atoms with Gasteiger partial charge >= 0.3 is 0 Å². The molecule has 2 aromatic heterocycles. The molecular weight excluding hydrogens is 382 g/mol. The van der Waals surface area contributed by atoms with Gasteiger partial charge in [-0.1, -0.05) is 12.1 Å². The number of para-hydroxylation sites is 2. The van der Waals surface area contributed by atoms with Crippen LogP contribution in [0.4, 0.5) is 5.95 Å². The Kier molecular flexibility index (Phi) is 5.80. The lowest BCUT2D eigenvalue weighted by molar-refractivity contribution is 0.102. The molecule has 1 N–H and O–H groups in total. The normalized spacial score (nSPS) is 11.1. The minimum Gasteiger partial charge on any atom is -0.382 e. The summed E-state index contributed by atoms with van der Waals surface area (Å²) in [7, 11) is 0. The molecule has 0 atom stereocenters. The van der Waals surface area contributed by atoms with E-state index in [-0.39, 0.29) is 5.91 Å². The quantitative estimate of drug-likeness (QED) is 0.452. The van der Waals surface area contributed by atoms with Crippen molar-refractivity contribution in [2.45, 2.75) is 26.8 Å². The first-order valence-electron chi connectivity index (χ1n) is 9.85. The van der Waals surface area contributed by atoms with E-state index < -0.39 is 0 Å². The largest absolute Gasteiger partial charge is 0.382 e. The maximum atomic E-state index is 12.9. The highest BCUT2D eigenvalue weighted by atomic mass is 16.5. The lowest BCUT2D eigenvalue weighted by atomic mass is 10.1. The minimum atomic E-state index is -0.220. The summed E-state index contributed by atoms with van der Waals surface area (Å²) in [5, 5.41) is 14.2. The summed E-state index contributed by atoms with van der Waals surface area (Å²) < 4.78 is 9.04. The van der Waals surface area contributed by atoms with Gasteiger partial charge in [-0.3, -0.25) is 10.1 Å². The molecule has 0 aliphatic rings. The zero-order chi connectivity index (χ0) is 20.9. The Bertz CT molecular complexity index is 1150. The Morgan fingerprint density at radius 2 is 2.07 bits per heavy atom. The smallest absolute Gasteiger partial charge is 0.257 e. The molecule has 30 heavy (non-hydrogen) atoms. The number of aromatic nitrogens is 6. The molecule has 9 nitrogen and oxygen atoms in total. The van der Waals surface area contributed by atoms with Crippen molar-refractivity contribution in [3.8, 4) is 5.69 Å². The van der Waals surface area contributed by atoms with Crippen LogP contribution < -0.4 is 5.32 Å². The van der Waals surface area contributed by atoms with Gasteiger partial charge in [0.2, 0.25) is 5.95 Å². The Morgan fingerprint density at radius 1 is 1.20 bits per heavy atom. The highest BCUT2D eigenvalue weighted by molar-refractivity contribution is 6.04. The van der Waals surface area contributed by atoms with E-state index in [1.807, 2.05) is 54.8 Å². The van der Waals surface area contributed by atoms with Crippen LogP contribution in [0.3, 0.4) is 0 Å². The fourth-order valence-electron chi connectivity index (χ4n) is 3.37. The highest BCUT2D eigenvalue weighted by Gasteiger charge is 2.15. The van der Waals surface area contributed by atoms with Crippen molar-refractivity contribution in [2.75, 3.05) is 18.5 Å². The third-order valence-electron chi connectivity index (χ3n) is 4.81. The molecule has 9 heteroatoms. The summed E-state index contributed by atoms with van der Waals surface area (Å²) in [6.07, 6.45) is 2.35. The Labute approximate surface area is 173 Å². The van der Waals surface area contributed by atoms with Gasteiger partial charge in [-0.15, -0.1) is 5.10 Å². The van der Waals surface area contributed by atoms with Gasteiger partial charge < -0.3 is 9.30 Å². The molecule has 4 aromatic rings. The van der Waals surface area contributed by atoms with E-state index >= 15 is 0 Å². The second-order valence-corrected chi connectivity index (χ2v) is 6.84. The van der Waals surface area contributed by atoms with Crippen LogP contribution in [-0.2, 0) is 11.3 Å². The monoisotopic (exact) mass is 405 g/mol. The first kappa shape index (κ1) is 19.7. The zero-order valence-corrected chi connectivity index (χ0v) is 16.9. The van der Waals surface area contributed by atoms with Crippen molar-refractivity contribution >= 4 is 22.9 Å². The molecule has 0 bridgehead atoms. The average Bonchev–Trinajstić information content (AvgIpc) is 3.39. The Morgan fingerprint density at radius 3 is 2.83 bits per heavy atom. The Balaban J connectivity index is 1.57. The van der Waals surface area contributed by atoms with E-state index in [9.17, 15) is 4.79 Å². The number of hydrogen-bond acceptors (Lipinski definition) is 6. The lowest BCUT2D eigenvalue weighted by Crippen LogP contribution is -2.17. The van der Waals surface area contributed by atoms with Gasteiger partial charge in [0, 0.05) is 25.3 Å². The topological polar surface area (TPSA) is 99.8 Å². The molecule has 0 unspecified atom stereocenters. The van der Waals surface area contributed by atoms with Crippen LogP contribution in [0, 0.1) is 6.92 Å². The van der Waals surface area contributed by atoms with E-state index in [0.29, 0.717) is 31.3 Å². The number of carbonyl (C=O) groups is 1. The van der Waals surface area contributed by atoms with Crippen LogP contribution in [-0.4, -0.2) is 48.9 Å². The zero-order valence-electron chi connectivity index (χ0n) is 16.9. The maximum absolute atomic E-state index is 12.9. The molecule has 2 heterocycles. The van der Waals surface area contributed by atoms with Gasteiger partial charge in [-0.25, -0.2) is 9.67 Å². The predicted octanol–water partition coefficient (Wildman–Crippen LogP) is 3.00. The fourth-order valence-corrected chi connectivity index (χ4v) is 3.37. The first-order valence-corrected chi connectivity index (χ1v) is 9.85. The van der Waals surface area contributed by atoms with Gasteiger partial charge in [0.15, 0.2) is 0 Å². The molecule has 154 valence electrons. The fraction of sp³-hybridized carbons (Fsp3) is 0.286. The molecule has 0 radical (unpaired) electrons. The average molecular weight is 405 g/mol. The van der Waals surface area contributed by atoms with Crippen molar-refractivity contribution < 1.29 is 9.53 Å². The number of fused-ring (bicyclic) bond motifs is 1. The van der Waals surface area contributed by atoms with Crippen LogP contribution in [0.1, 0.15) is 29.3 Å². The summed E-state index contributed by atoms with van der Waals surface area (Å²) in [6, 6.07) is 13.2. The van der Waals surface area contributed by atoms with Gasteiger partial charge in [-0.05, 0) is 66.6 Å². The van der Waals surface area contributed by atoms with Crippen molar-refractivity contribution in [1.82, 2.24) is 29.8 Å². The number of amides is 1. The van der Waals surface area contributed by atoms with Gasteiger partial charge in [0.25, 0.3) is 5.91 Å². The number of nitrogens with zero attached hydrogens (tertiary/aromatic N) is 6. The number of tetrazole rings is 1. The number of benzene rings is 2. The molecule has 0 aliphatic carbocycles.